The van der Waals surface area contributed by atoms with E-state index < -0.39 is 11.8 Å². The topological polar surface area (TPSA) is 50.2 Å². The summed E-state index contributed by atoms with van der Waals surface area (Å²) in [6.45, 7) is 0. The number of rotatable bonds is 2. The third-order valence-electron chi connectivity index (χ3n) is 1.97. The van der Waals surface area contributed by atoms with Crippen molar-refractivity contribution in [1.82, 2.24) is 4.98 Å². The molecule has 0 amide bonds. The fourth-order valence-corrected chi connectivity index (χ4v) is 2.34. The Balaban J connectivity index is 2.62. The average Bonchev–Trinajstić information content (AvgIpc) is 2.64. The van der Waals surface area contributed by atoms with Gasteiger partial charge >= 0.3 is 5.97 Å². The van der Waals surface area contributed by atoms with Crippen molar-refractivity contribution in [2.24, 2.45) is 0 Å². The van der Waals surface area contributed by atoms with Crippen LogP contribution in [0.4, 0.5) is 4.39 Å². The van der Waals surface area contributed by atoms with E-state index in [1.165, 1.54) is 29.7 Å². The van der Waals surface area contributed by atoms with E-state index in [0.717, 1.165) is 6.07 Å². The Hall–Kier alpha value is -1.40. The first-order chi connectivity index (χ1) is 7.58. The molecule has 2 rings (SSSR count). The van der Waals surface area contributed by atoms with Crippen LogP contribution in [0.15, 0.2) is 28.7 Å². The molecule has 6 heteroatoms. The van der Waals surface area contributed by atoms with Crippen LogP contribution < -0.4 is 0 Å². The van der Waals surface area contributed by atoms with Gasteiger partial charge in [0.05, 0.1) is 10.4 Å². The summed E-state index contributed by atoms with van der Waals surface area (Å²) in [6, 6.07) is 3.55. The quantitative estimate of drug-likeness (QED) is 0.811. The summed E-state index contributed by atoms with van der Waals surface area (Å²) < 4.78 is 13.6. The molecule has 0 spiro atoms. The number of aromatic carboxylic acids is 1. The molecule has 1 heterocycles. The standard InChI is InChI=1S/C10H6FNO2S2/c11-5-1-2-6(9(13)14)7(3-5)8-4-12-10(15)16-8/h1-4H,(H,12,15)(H,13,14). The second-order valence-corrected chi connectivity index (χ2v) is 4.76. The maximum Gasteiger partial charge on any atom is 0.336 e. The molecule has 0 saturated carbocycles. The Labute approximate surface area is 100.0 Å². The molecular formula is C10H6FNO2S2. The largest absolute Gasteiger partial charge is 0.478 e. The van der Waals surface area contributed by atoms with Crippen LogP contribution >= 0.6 is 24.0 Å². The Morgan fingerprint density at radius 3 is 2.81 bits per heavy atom. The number of carboxylic acid groups (broad SMARTS) is 1. The van der Waals surface area contributed by atoms with E-state index in [4.69, 9.17) is 5.11 Å². The molecule has 0 aliphatic heterocycles. The Morgan fingerprint density at radius 1 is 1.50 bits per heavy atom. The molecule has 0 fully saturated rings. The lowest BCUT2D eigenvalue weighted by atomic mass is 10.1. The number of hydrogen-bond acceptors (Lipinski definition) is 4. The maximum atomic E-state index is 13.1. The SMILES string of the molecule is O=C(O)c1ccc(F)cc1-c1cnc(S)s1. The summed E-state index contributed by atoms with van der Waals surface area (Å²) in [4.78, 5) is 15.4. The van der Waals surface area contributed by atoms with E-state index in [1.54, 1.807) is 0 Å². The van der Waals surface area contributed by atoms with Crippen LogP contribution in [0.1, 0.15) is 10.4 Å². The molecule has 0 aliphatic rings. The molecule has 0 radical (unpaired) electrons. The average molecular weight is 255 g/mol. The van der Waals surface area contributed by atoms with Crippen LogP contribution in [0.3, 0.4) is 0 Å². The van der Waals surface area contributed by atoms with Crippen LogP contribution in [-0.2, 0) is 0 Å². The highest BCUT2D eigenvalue weighted by atomic mass is 32.2. The summed E-state index contributed by atoms with van der Waals surface area (Å²) in [5.74, 6) is -1.57. The lowest BCUT2D eigenvalue weighted by molar-refractivity contribution is 0.0697. The predicted octanol–water partition coefficient (Wildman–Crippen LogP) is 2.94. The normalized spacial score (nSPS) is 10.4. The number of carbonyl (C=O) groups is 1. The van der Waals surface area contributed by atoms with E-state index in [9.17, 15) is 9.18 Å². The minimum Gasteiger partial charge on any atom is -0.478 e. The Kier molecular flexibility index (Phi) is 2.93. The number of thiazole rings is 1. The zero-order valence-electron chi connectivity index (χ0n) is 7.85. The highest BCUT2D eigenvalue weighted by Crippen LogP contribution is 2.31. The highest BCUT2D eigenvalue weighted by molar-refractivity contribution is 7.82. The van der Waals surface area contributed by atoms with Crippen LogP contribution in [0.2, 0.25) is 0 Å². The molecule has 0 bridgehead atoms. The van der Waals surface area contributed by atoms with Gasteiger partial charge < -0.3 is 5.11 Å². The van der Waals surface area contributed by atoms with Crippen molar-refractivity contribution in [2.45, 2.75) is 4.34 Å². The van der Waals surface area contributed by atoms with Gasteiger partial charge in [-0.05, 0) is 18.2 Å². The molecule has 1 aromatic heterocycles. The molecular weight excluding hydrogens is 249 g/mol. The number of thiol groups is 1. The molecule has 3 nitrogen and oxygen atoms in total. The van der Waals surface area contributed by atoms with Crippen molar-refractivity contribution < 1.29 is 14.3 Å². The first-order valence-electron chi connectivity index (χ1n) is 4.26. The predicted molar refractivity (Wildman–Crippen MR) is 61.7 cm³/mol. The second-order valence-electron chi connectivity index (χ2n) is 3.00. The number of halogens is 1. The fourth-order valence-electron chi connectivity index (χ4n) is 1.30. The van der Waals surface area contributed by atoms with Gasteiger partial charge in [0.25, 0.3) is 0 Å². The Morgan fingerprint density at radius 2 is 2.25 bits per heavy atom. The maximum absolute atomic E-state index is 13.1. The summed E-state index contributed by atoms with van der Waals surface area (Å²) >= 11 is 5.24. The van der Waals surface area contributed by atoms with Crippen LogP contribution in [0.25, 0.3) is 10.4 Å². The molecule has 0 saturated heterocycles. The van der Waals surface area contributed by atoms with Gasteiger partial charge in [0.15, 0.2) is 0 Å². The van der Waals surface area contributed by atoms with E-state index in [2.05, 4.69) is 17.6 Å². The van der Waals surface area contributed by atoms with Gasteiger partial charge in [0, 0.05) is 11.8 Å². The van der Waals surface area contributed by atoms with Crippen molar-refractivity contribution in [3.8, 4) is 10.4 Å². The molecule has 0 aliphatic carbocycles. The van der Waals surface area contributed by atoms with Gasteiger partial charge in [-0.25, -0.2) is 14.2 Å². The first-order valence-corrected chi connectivity index (χ1v) is 5.52. The number of nitrogens with zero attached hydrogens (tertiary/aromatic N) is 1. The van der Waals surface area contributed by atoms with E-state index in [0.29, 0.717) is 14.8 Å². The third-order valence-corrected chi connectivity index (χ3v) is 3.19. The summed E-state index contributed by atoms with van der Waals surface area (Å²) in [6.07, 6.45) is 1.48. The van der Waals surface area contributed by atoms with Crippen LogP contribution in [0, 0.1) is 5.82 Å². The Bertz CT molecular complexity index is 554. The molecule has 1 aromatic carbocycles. The van der Waals surface area contributed by atoms with Gasteiger partial charge in [-0.1, -0.05) is 0 Å². The smallest absolute Gasteiger partial charge is 0.336 e. The van der Waals surface area contributed by atoms with Gasteiger partial charge in [-0.2, -0.15) is 0 Å². The number of benzene rings is 1. The molecule has 16 heavy (non-hydrogen) atoms. The zero-order chi connectivity index (χ0) is 11.7. The van der Waals surface area contributed by atoms with E-state index >= 15 is 0 Å². The lowest BCUT2D eigenvalue weighted by Gasteiger charge is -2.02. The summed E-state index contributed by atoms with van der Waals surface area (Å²) in [5.41, 5.74) is 0.378. The number of aromatic nitrogens is 1. The van der Waals surface area contributed by atoms with Gasteiger partial charge in [-0.3, -0.25) is 0 Å². The molecule has 1 N–H and O–H groups in total. The van der Waals surface area contributed by atoms with Crippen LogP contribution in [-0.4, -0.2) is 16.1 Å². The van der Waals surface area contributed by atoms with Crippen molar-refractivity contribution in [3.05, 3.63) is 35.8 Å². The molecule has 82 valence electrons. The molecule has 0 atom stereocenters. The molecule has 0 unspecified atom stereocenters. The van der Waals surface area contributed by atoms with Crippen LogP contribution in [0.5, 0.6) is 0 Å². The van der Waals surface area contributed by atoms with Gasteiger partial charge in [0.2, 0.25) is 0 Å². The highest BCUT2D eigenvalue weighted by Gasteiger charge is 2.14. The van der Waals surface area contributed by atoms with Crippen molar-refractivity contribution in [2.75, 3.05) is 0 Å². The zero-order valence-corrected chi connectivity index (χ0v) is 9.56. The number of carboxylic acids is 1. The molecule has 2 aromatic rings. The summed E-state index contributed by atoms with van der Waals surface area (Å²) in [7, 11) is 0. The minimum atomic E-state index is -1.09. The van der Waals surface area contributed by atoms with Gasteiger partial charge in [-0.15, -0.1) is 24.0 Å². The van der Waals surface area contributed by atoms with Crippen molar-refractivity contribution in [3.63, 3.8) is 0 Å². The summed E-state index contributed by atoms with van der Waals surface area (Å²) in [5, 5.41) is 8.97. The van der Waals surface area contributed by atoms with Crippen molar-refractivity contribution >= 4 is 29.9 Å². The monoisotopic (exact) mass is 255 g/mol. The van der Waals surface area contributed by atoms with E-state index in [1.807, 2.05) is 0 Å². The fraction of sp³-hybridized carbons (Fsp3) is 0. The second kappa shape index (κ2) is 4.23. The van der Waals surface area contributed by atoms with Gasteiger partial charge in [0.1, 0.15) is 10.2 Å². The van der Waals surface area contributed by atoms with Crippen molar-refractivity contribution in [1.29, 1.82) is 0 Å². The number of hydrogen-bond donors (Lipinski definition) is 2. The first kappa shape index (κ1) is 11.1. The van der Waals surface area contributed by atoms with E-state index in [-0.39, 0.29) is 5.56 Å². The minimum absolute atomic E-state index is 0.0541. The third kappa shape index (κ3) is 2.07. The lowest BCUT2D eigenvalue weighted by Crippen LogP contribution is -1.99.